The second kappa shape index (κ2) is 7.72. The molecule has 1 saturated heterocycles. The molecule has 8 heteroatoms. The molecule has 2 aromatic heterocycles. The minimum absolute atomic E-state index is 0.0822. The van der Waals surface area contributed by atoms with Crippen molar-refractivity contribution in [2.75, 3.05) is 13.1 Å². The third-order valence-corrected chi connectivity index (χ3v) is 7.05. The van der Waals surface area contributed by atoms with E-state index in [-0.39, 0.29) is 16.7 Å². The van der Waals surface area contributed by atoms with Gasteiger partial charge in [-0.2, -0.15) is 0 Å². The Kier molecular flexibility index (Phi) is 5.61. The largest absolute Gasteiger partial charge is 0.465 e. The van der Waals surface area contributed by atoms with Crippen molar-refractivity contribution in [3.8, 4) is 0 Å². The first-order valence-electron chi connectivity index (χ1n) is 8.38. The normalized spacial score (nSPS) is 16.0. The molecule has 1 aliphatic rings. The van der Waals surface area contributed by atoms with Gasteiger partial charge in [0.15, 0.2) is 0 Å². The van der Waals surface area contributed by atoms with Crippen LogP contribution in [0.25, 0.3) is 0 Å². The predicted octanol–water partition coefficient (Wildman–Crippen LogP) is 3.14. The number of nitrogens with one attached hydrogen (secondary N) is 1. The SMILES string of the molecule is Cc1ccc(CNS(=O)(=O)c2cc(C(=O)N3CCCCCC3)cs2)o1. The second-order valence-corrected chi connectivity index (χ2v) is 9.10. The number of hydrogen-bond donors (Lipinski definition) is 1. The summed E-state index contributed by atoms with van der Waals surface area (Å²) in [6.45, 7) is 3.38. The van der Waals surface area contributed by atoms with Crippen LogP contribution in [-0.2, 0) is 16.6 Å². The summed E-state index contributed by atoms with van der Waals surface area (Å²) in [4.78, 5) is 14.4. The number of hydrogen-bond acceptors (Lipinski definition) is 5. The summed E-state index contributed by atoms with van der Waals surface area (Å²) >= 11 is 1.07. The highest BCUT2D eigenvalue weighted by Crippen LogP contribution is 2.23. The predicted molar refractivity (Wildman–Crippen MR) is 96.2 cm³/mol. The average molecular weight is 383 g/mol. The zero-order valence-electron chi connectivity index (χ0n) is 14.2. The van der Waals surface area contributed by atoms with Gasteiger partial charge in [0.2, 0.25) is 10.0 Å². The average Bonchev–Trinajstić information content (AvgIpc) is 3.15. The Labute approximate surface area is 151 Å². The number of sulfonamides is 1. The van der Waals surface area contributed by atoms with E-state index in [1.54, 1.807) is 24.4 Å². The summed E-state index contributed by atoms with van der Waals surface area (Å²) in [6, 6.07) is 4.99. The van der Waals surface area contributed by atoms with Gasteiger partial charge in [-0.05, 0) is 38.0 Å². The molecular formula is C17H22N2O4S2. The number of likely N-dealkylation sites (tertiary alicyclic amines) is 1. The molecule has 3 heterocycles. The van der Waals surface area contributed by atoms with Crippen LogP contribution in [0.3, 0.4) is 0 Å². The van der Waals surface area contributed by atoms with Crippen molar-refractivity contribution in [3.63, 3.8) is 0 Å². The smallest absolute Gasteiger partial charge is 0.254 e. The minimum atomic E-state index is -3.66. The van der Waals surface area contributed by atoms with Crippen LogP contribution in [0.1, 0.15) is 47.6 Å². The summed E-state index contributed by atoms with van der Waals surface area (Å²) < 4.78 is 32.8. The van der Waals surface area contributed by atoms with Gasteiger partial charge in [-0.15, -0.1) is 11.3 Å². The Bertz CT molecular complexity index is 830. The first-order valence-corrected chi connectivity index (χ1v) is 10.7. The van der Waals surface area contributed by atoms with E-state index < -0.39 is 10.0 Å². The van der Waals surface area contributed by atoms with Gasteiger partial charge in [-0.25, -0.2) is 13.1 Å². The molecule has 1 aliphatic heterocycles. The van der Waals surface area contributed by atoms with Crippen LogP contribution in [-0.4, -0.2) is 32.3 Å². The van der Waals surface area contributed by atoms with Crippen molar-refractivity contribution in [2.45, 2.75) is 43.4 Å². The minimum Gasteiger partial charge on any atom is -0.465 e. The maximum Gasteiger partial charge on any atom is 0.254 e. The topological polar surface area (TPSA) is 79.6 Å². The summed E-state index contributed by atoms with van der Waals surface area (Å²) in [5.41, 5.74) is 0.445. The molecule has 1 N–H and O–H groups in total. The van der Waals surface area contributed by atoms with Crippen LogP contribution < -0.4 is 4.72 Å². The summed E-state index contributed by atoms with van der Waals surface area (Å²) in [5.74, 6) is 1.20. The molecule has 0 aliphatic carbocycles. The van der Waals surface area contributed by atoms with Gasteiger partial charge in [0.25, 0.3) is 5.91 Å². The molecular weight excluding hydrogens is 360 g/mol. The van der Waals surface area contributed by atoms with Crippen LogP contribution >= 0.6 is 11.3 Å². The van der Waals surface area contributed by atoms with Gasteiger partial charge in [0.1, 0.15) is 15.7 Å². The zero-order valence-corrected chi connectivity index (χ0v) is 15.8. The van der Waals surface area contributed by atoms with Crippen molar-refractivity contribution < 1.29 is 17.6 Å². The Morgan fingerprint density at radius 2 is 1.96 bits per heavy atom. The van der Waals surface area contributed by atoms with Crippen molar-refractivity contribution in [2.24, 2.45) is 0 Å². The highest BCUT2D eigenvalue weighted by atomic mass is 32.2. The lowest BCUT2D eigenvalue weighted by Gasteiger charge is -2.19. The number of carbonyl (C=O) groups is 1. The van der Waals surface area contributed by atoms with Crippen LogP contribution in [0, 0.1) is 6.92 Å². The maximum atomic E-state index is 12.6. The molecule has 0 atom stereocenters. The fourth-order valence-electron chi connectivity index (χ4n) is 2.84. The molecule has 136 valence electrons. The standard InChI is InChI=1S/C17H22N2O4S2/c1-13-6-7-15(23-13)11-18-25(21,22)16-10-14(12-24-16)17(20)19-8-4-2-3-5-9-19/h6-7,10,12,18H,2-5,8-9,11H2,1H3. The zero-order chi connectivity index (χ0) is 17.9. The molecule has 0 radical (unpaired) electrons. The first kappa shape index (κ1) is 18.2. The monoisotopic (exact) mass is 382 g/mol. The Hall–Kier alpha value is -1.64. The summed E-state index contributed by atoms with van der Waals surface area (Å²) in [5, 5.41) is 1.62. The van der Waals surface area contributed by atoms with Gasteiger partial charge < -0.3 is 9.32 Å². The summed E-state index contributed by atoms with van der Waals surface area (Å²) in [7, 11) is -3.66. The maximum absolute atomic E-state index is 12.6. The fraction of sp³-hybridized carbons (Fsp3) is 0.471. The van der Waals surface area contributed by atoms with E-state index in [9.17, 15) is 13.2 Å². The van der Waals surface area contributed by atoms with Crippen molar-refractivity contribution in [3.05, 3.63) is 40.7 Å². The number of carbonyl (C=O) groups excluding carboxylic acids is 1. The lowest BCUT2D eigenvalue weighted by Crippen LogP contribution is -2.31. The molecule has 0 aromatic carbocycles. The van der Waals surface area contributed by atoms with E-state index in [2.05, 4.69) is 4.72 Å². The quantitative estimate of drug-likeness (QED) is 0.861. The van der Waals surface area contributed by atoms with Crippen LogP contribution in [0.5, 0.6) is 0 Å². The molecule has 0 unspecified atom stereocenters. The molecule has 0 bridgehead atoms. The number of rotatable bonds is 5. The van der Waals surface area contributed by atoms with Gasteiger partial charge in [0, 0.05) is 18.5 Å². The molecule has 3 rings (SSSR count). The van der Waals surface area contributed by atoms with E-state index in [0.29, 0.717) is 11.3 Å². The Morgan fingerprint density at radius 3 is 2.60 bits per heavy atom. The Balaban J connectivity index is 1.67. The first-order chi connectivity index (χ1) is 12.0. The molecule has 1 amide bonds. The third-order valence-electron chi connectivity index (χ3n) is 4.21. The van der Waals surface area contributed by atoms with E-state index in [0.717, 1.165) is 55.9 Å². The number of furan rings is 1. The second-order valence-electron chi connectivity index (χ2n) is 6.20. The number of aryl methyl sites for hydroxylation is 1. The van der Waals surface area contributed by atoms with E-state index in [1.165, 1.54) is 6.07 Å². The van der Waals surface area contributed by atoms with Crippen LogP contribution in [0.15, 0.2) is 32.2 Å². The highest BCUT2D eigenvalue weighted by Gasteiger charge is 2.22. The molecule has 0 spiro atoms. The number of amides is 1. The van der Waals surface area contributed by atoms with Gasteiger partial charge >= 0.3 is 0 Å². The highest BCUT2D eigenvalue weighted by molar-refractivity contribution is 7.91. The van der Waals surface area contributed by atoms with E-state index >= 15 is 0 Å². The van der Waals surface area contributed by atoms with E-state index in [4.69, 9.17) is 4.42 Å². The van der Waals surface area contributed by atoms with Gasteiger partial charge in [-0.1, -0.05) is 12.8 Å². The fourth-order valence-corrected chi connectivity index (χ4v) is 5.03. The van der Waals surface area contributed by atoms with Crippen molar-refractivity contribution >= 4 is 27.3 Å². The Morgan fingerprint density at radius 1 is 1.24 bits per heavy atom. The van der Waals surface area contributed by atoms with Gasteiger partial charge in [0.05, 0.1) is 12.1 Å². The van der Waals surface area contributed by atoms with Gasteiger partial charge in [-0.3, -0.25) is 4.79 Å². The lowest BCUT2D eigenvalue weighted by atomic mass is 10.2. The van der Waals surface area contributed by atoms with E-state index in [1.807, 2.05) is 4.90 Å². The van der Waals surface area contributed by atoms with Crippen LogP contribution in [0.4, 0.5) is 0 Å². The third kappa shape index (κ3) is 4.50. The molecule has 1 fully saturated rings. The van der Waals surface area contributed by atoms with Crippen LogP contribution in [0.2, 0.25) is 0 Å². The molecule has 2 aromatic rings. The molecule has 0 saturated carbocycles. The number of nitrogens with zero attached hydrogens (tertiary/aromatic N) is 1. The summed E-state index contributed by atoms with van der Waals surface area (Å²) in [6.07, 6.45) is 4.29. The lowest BCUT2D eigenvalue weighted by molar-refractivity contribution is 0.0762. The number of thiophene rings is 1. The van der Waals surface area contributed by atoms with Crippen molar-refractivity contribution in [1.29, 1.82) is 0 Å². The molecule has 25 heavy (non-hydrogen) atoms. The van der Waals surface area contributed by atoms with Crippen molar-refractivity contribution in [1.82, 2.24) is 9.62 Å². The molecule has 6 nitrogen and oxygen atoms in total.